The Morgan fingerprint density at radius 2 is 1.46 bits per heavy atom. The fourth-order valence-corrected chi connectivity index (χ4v) is 11.9. The molecule has 69 heavy (non-hydrogen) atoms. The minimum atomic E-state index is -4.25. The van der Waals surface area contributed by atoms with Crippen LogP contribution in [0.2, 0.25) is 0 Å². The van der Waals surface area contributed by atoms with Crippen molar-refractivity contribution in [3.8, 4) is 6.07 Å². The third-order valence-corrected chi connectivity index (χ3v) is 15.8. The number of non-ortho nitro benzene ring substituents is 1. The number of hydrogen-bond donors (Lipinski definition) is 4. The lowest BCUT2D eigenvalue weighted by Gasteiger charge is -2.35. The van der Waals surface area contributed by atoms with E-state index in [2.05, 4.69) is 25.2 Å². The van der Waals surface area contributed by atoms with Gasteiger partial charge >= 0.3 is 6.09 Å². The Hall–Kier alpha value is -4.72. The summed E-state index contributed by atoms with van der Waals surface area (Å²) in [6, 6.07) is 21.3. The topological polar surface area (TPSA) is 271 Å². The number of aliphatic hydroxyl groups is 1. The number of rotatable bonds is 25. The highest BCUT2D eigenvalue weighted by molar-refractivity contribution is 7.89. The van der Waals surface area contributed by atoms with Crippen LogP contribution in [0, 0.1) is 44.1 Å². The number of fused-ring (bicyclic) bond motifs is 1. The van der Waals surface area contributed by atoms with Crippen molar-refractivity contribution < 1.29 is 45.9 Å². The van der Waals surface area contributed by atoms with Crippen LogP contribution < -0.4 is 16.8 Å². The van der Waals surface area contributed by atoms with Crippen molar-refractivity contribution in [1.29, 1.82) is 5.26 Å². The summed E-state index contributed by atoms with van der Waals surface area (Å²) in [7, 11) is -7.78. The van der Waals surface area contributed by atoms with Gasteiger partial charge < -0.3 is 36.1 Å². The second kappa shape index (κ2) is 25.9. The summed E-state index contributed by atoms with van der Waals surface area (Å²) >= 11 is 0. The minimum absolute atomic E-state index is 0.0141. The molecule has 2 aliphatic heterocycles. The molecular weight excluding hydrogens is 927 g/mol. The Kier molecular flexibility index (Phi) is 21.4. The van der Waals surface area contributed by atoms with Crippen LogP contribution >= 0.6 is 0 Å². The Balaban J connectivity index is 0.000000365. The zero-order valence-corrected chi connectivity index (χ0v) is 42.5. The van der Waals surface area contributed by atoms with Gasteiger partial charge in [-0.25, -0.2) is 21.6 Å². The summed E-state index contributed by atoms with van der Waals surface area (Å²) in [6.45, 7) is 14.0. The van der Waals surface area contributed by atoms with E-state index in [1.54, 1.807) is 28.6 Å². The first-order valence-corrected chi connectivity index (χ1v) is 26.5. The molecule has 0 aliphatic carbocycles. The summed E-state index contributed by atoms with van der Waals surface area (Å²) in [5.74, 6) is 0.173. The highest BCUT2D eigenvalue weighted by atomic mass is 32.2. The molecule has 0 aromatic heterocycles. The SMILES string of the molecule is CC(C)(CCCC#N)CN(C[C@@H](O)[C@H](Cc1ccccc1)NC(=O)O[C@@H]1CO[C@@H]2OCC[C@@H]21)S(=O)(=O)c1ccc([N+](=O)[O-])cc1.CC(C)CN(CC(C)(C)CCCCN)S(=O)(=O)c1ccc(N)cc1. The lowest BCUT2D eigenvalue weighted by Crippen LogP contribution is -2.52. The van der Waals surface area contributed by atoms with E-state index in [9.17, 15) is 36.9 Å². The number of amides is 1. The van der Waals surface area contributed by atoms with Gasteiger partial charge in [-0.05, 0) is 104 Å². The fourth-order valence-electron chi connectivity index (χ4n) is 8.44. The van der Waals surface area contributed by atoms with Crippen molar-refractivity contribution >= 4 is 37.5 Å². The molecule has 0 unspecified atom stereocenters. The van der Waals surface area contributed by atoms with Crippen molar-refractivity contribution in [3.05, 3.63) is 94.5 Å². The maximum atomic E-state index is 14.0. The minimum Gasteiger partial charge on any atom is -0.443 e. The van der Waals surface area contributed by atoms with Gasteiger partial charge in [0.05, 0.1) is 52.1 Å². The number of nitrogens with one attached hydrogen (secondary N) is 1. The number of carbonyl (C=O) groups is 1. The molecule has 1 amide bonds. The number of nitrogens with two attached hydrogens (primary N) is 2. The van der Waals surface area contributed by atoms with Gasteiger partial charge in [0.25, 0.3) is 5.69 Å². The van der Waals surface area contributed by atoms with E-state index < -0.39 is 61.0 Å². The van der Waals surface area contributed by atoms with E-state index in [0.29, 0.717) is 62.5 Å². The number of sulfonamides is 2. The zero-order chi connectivity index (χ0) is 51.0. The second-order valence-electron chi connectivity index (χ2n) is 19.9. The Morgan fingerprint density at radius 1 is 0.899 bits per heavy atom. The van der Waals surface area contributed by atoms with Crippen molar-refractivity contribution in [2.75, 3.05) is 51.7 Å². The number of alkyl carbamates (subject to hydrolysis) is 1. The molecule has 3 aromatic carbocycles. The number of benzene rings is 3. The number of unbranched alkanes of at least 4 members (excludes halogenated alkanes) is 2. The van der Waals surface area contributed by atoms with Crippen LogP contribution in [0.3, 0.4) is 0 Å². The molecule has 2 aliphatic rings. The predicted octanol–water partition coefficient (Wildman–Crippen LogP) is 6.84. The lowest BCUT2D eigenvalue weighted by molar-refractivity contribution is -0.384. The molecule has 2 heterocycles. The summed E-state index contributed by atoms with van der Waals surface area (Å²) < 4.78 is 73.5. The number of nitro benzene ring substituents is 1. The number of nitrogen functional groups attached to an aromatic ring is 1. The quantitative estimate of drug-likeness (QED) is 0.0293. The van der Waals surface area contributed by atoms with E-state index >= 15 is 0 Å². The standard InChI is InChI=1S/C31H40N4O9S.C18H33N3O2S/c1-31(2,15-6-7-16-32)21-34(45(40,41)24-12-10-23(11-13-24)35(38)39)19-27(36)26(18-22-8-4-3-5-9-22)33-30(37)44-28-20-43-29-25(28)14-17-42-29;1-15(2)13-21(14-18(3,4)11-5-6-12-19)24(22,23)17-9-7-16(20)8-10-17/h3-5,8-13,25-29,36H,6-7,14-15,17-21H2,1-2H3,(H,33,37);7-10,15H,5-6,11-14,19-20H2,1-4H3/t25-,26+,27-,28-,29+;/m1./s1. The Morgan fingerprint density at radius 3 is 2.01 bits per heavy atom. The van der Waals surface area contributed by atoms with Crippen LogP contribution in [-0.2, 0) is 40.7 Å². The molecule has 3 aromatic rings. The van der Waals surface area contributed by atoms with Gasteiger partial charge in [-0.3, -0.25) is 10.1 Å². The number of aliphatic hydroxyl groups excluding tert-OH is 1. The van der Waals surface area contributed by atoms with E-state index in [1.165, 1.54) is 0 Å². The highest BCUT2D eigenvalue weighted by Crippen LogP contribution is 2.34. The normalized spacial score (nSPS) is 18.3. The third-order valence-electron chi connectivity index (χ3n) is 12.1. The van der Waals surface area contributed by atoms with Crippen molar-refractivity contribution in [1.82, 2.24) is 13.9 Å². The van der Waals surface area contributed by atoms with Gasteiger partial charge in [0.15, 0.2) is 6.29 Å². The predicted molar refractivity (Wildman–Crippen MR) is 263 cm³/mol. The number of ether oxygens (including phenoxy) is 3. The molecule has 0 bridgehead atoms. The summed E-state index contributed by atoms with van der Waals surface area (Å²) in [6.07, 6.45) is 2.16. The number of nitriles is 1. The maximum Gasteiger partial charge on any atom is 0.407 e. The van der Waals surface area contributed by atoms with Crippen LogP contribution in [0.1, 0.15) is 92.1 Å². The smallest absolute Gasteiger partial charge is 0.407 e. The molecule has 2 fully saturated rings. The molecule has 2 saturated heterocycles. The molecular formula is C49H73N7O11S2. The molecule has 6 N–H and O–H groups in total. The average molecular weight is 1000 g/mol. The number of nitro groups is 1. The number of nitrogens with zero attached hydrogens (tertiary/aromatic N) is 4. The van der Waals surface area contributed by atoms with Gasteiger partial charge in [-0.1, -0.05) is 78.3 Å². The van der Waals surface area contributed by atoms with Crippen molar-refractivity contribution in [2.45, 2.75) is 127 Å². The molecule has 5 rings (SSSR count). The fraction of sp³-hybridized carbons (Fsp3) is 0.592. The van der Waals surface area contributed by atoms with E-state index in [1.807, 2.05) is 58.0 Å². The molecule has 5 atom stereocenters. The summed E-state index contributed by atoms with van der Waals surface area (Å²) in [4.78, 5) is 23.8. The van der Waals surface area contributed by atoms with Gasteiger partial charge in [0.1, 0.15) is 6.10 Å². The van der Waals surface area contributed by atoms with Gasteiger partial charge in [-0.2, -0.15) is 13.9 Å². The van der Waals surface area contributed by atoms with Crippen LogP contribution in [0.4, 0.5) is 16.2 Å². The van der Waals surface area contributed by atoms with Crippen LogP contribution in [-0.4, -0.2) is 112 Å². The number of anilines is 1. The largest absolute Gasteiger partial charge is 0.443 e. The van der Waals surface area contributed by atoms with Crippen molar-refractivity contribution in [3.63, 3.8) is 0 Å². The molecule has 0 spiro atoms. The zero-order valence-electron chi connectivity index (χ0n) is 40.9. The first-order chi connectivity index (χ1) is 32.5. The number of carbonyl (C=O) groups excluding carboxylic acids is 1. The van der Waals surface area contributed by atoms with Gasteiger partial charge in [-0.15, -0.1) is 0 Å². The average Bonchev–Trinajstić information content (AvgIpc) is 3.91. The molecule has 0 saturated carbocycles. The Bertz CT molecular complexity index is 2350. The molecule has 0 radical (unpaired) electrons. The van der Waals surface area contributed by atoms with E-state index in [0.717, 1.165) is 53.4 Å². The number of hydrogen-bond acceptors (Lipinski definition) is 14. The van der Waals surface area contributed by atoms with E-state index in [4.69, 9.17) is 30.9 Å². The monoisotopic (exact) mass is 999 g/mol. The van der Waals surface area contributed by atoms with Gasteiger partial charge in [0, 0.05) is 50.4 Å². The van der Waals surface area contributed by atoms with Crippen LogP contribution in [0.15, 0.2) is 88.7 Å². The summed E-state index contributed by atoms with van der Waals surface area (Å²) in [5.41, 5.74) is 11.7. The third kappa shape index (κ3) is 17.6. The molecule has 20 heteroatoms. The maximum absolute atomic E-state index is 14.0. The first kappa shape index (κ1) is 56.9. The van der Waals surface area contributed by atoms with E-state index in [-0.39, 0.29) is 54.0 Å². The second-order valence-corrected chi connectivity index (χ2v) is 23.7. The van der Waals surface area contributed by atoms with Crippen molar-refractivity contribution in [2.24, 2.45) is 28.4 Å². The van der Waals surface area contributed by atoms with Gasteiger partial charge in [0.2, 0.25) is 20.0 Å². The molecule has 382 valence electrons. The van der Waals surface area contributed by atoms with Crippen LogP contribution in [0.25, 0.3) is 0 Å². The first-order valence-electron chi connectivity index (χ1n) is 23.6. The van der Waals surface area contributed by atoms with Crippen LogP contribution in [0.5, 0.6) is 0 Å². The lowest BCUT2D eigenvalue weighted by atomic mass is 9.87. The Labute approximate surface area is 408 Å². The summed E-state index contributed by atoms with van der Waals surface area (Å²) in [5, 5.41) is 34.5. The highest BCUT2D eigenvalue weighted by Gasteiger charge is 2.44. The molecule has 18 nitrogen and oxygen atoms in total.